The van der Waals surface area contributed by atoms with Crippen LogP contribution in [0, 0.1) is 0 Å². The lowest BCUT2D eigenvalue weighted by Crippen LogP contribution is -2.21. The maximum absolute atomic E-state index is 11.8. The standard InChI is InChI=1S/C10H15N3O2S/c14-16(15)5-1-4-13-10(16)6-9(12-13)8-2-3-11-7-8/h6,8,11H,1-5,7H2. The number of aryl methyl sites for hydroxylation is 1. The van der Waals surface area contributed by atoms with Crippen molar-refractivity contribution in [2.75, 3.05) is 18.8 Å². The van der Waals surface area contributed by atoms with Gasteiger partial charge in [0.1, 0.15) is 0 Å². The summed E-state index contributed by atoms with van der Waals surface area (Å²) in [6.07, 6.45) is 1.73. The van der Waals surface area contributed by atoms with Gasteiger partial charge >= 0.3 is 0 Å². The number of hydrogen-bond donors (Lipinski definition) is 1. The summed E-state index contributed by atoms with van der Waals surface area (Å²) in [5.74, 6) is 0.648. The Labute approximate surface area is 94.8 Å². The molecule has 1 atom stereocenters. The largest absolute Gasteiger partial charge is 0.316 e. The van der Waals surface area contributed by atoms with Crippen molar-refractivity contribution in [1.29, 1.82) is 0 Å². The number of sulfone groups is 1. The fourth-order valence-electron chi connectivity index (χ4n) is 2.44. The number of rotatable bonds is 1. The van der Waals surface area contributed by atoms with Crippen LogP contribution in [0.25, 0.3) is 0 Å². The van der Waals surface area contributed by atoms with Crippen LogP contribution in [-0.2, 0) is 16.4 Å². The van der Waals surface area contributed by atoms with Crippen LogP contribution in [0.2, 0.25) is 0 Å². The first kappa shape index (κ1) is 10.3. The minimum absolute atomic E-state index is 0.265. The normalized spacial score (nSPS) is 27.9. The number of nitrogens with zero attached hydrogens (tertiary/aromatic N) is 2. The third-order valence-corrected chi connectivity index (χ3v) is 5.13. The van der Waals surface area contributed by atoms with E-state index in [9.17, 15) is 8.42 Å². The van der Waals surface area contributed by atoms with Crippen LogP contribution in [0.1, 0.15) is 24.5 Å². The second kappa shape index (κ2) is 3.56. The van der Waals surface area contributed by atoms with E-state index in [4.69, 9.17) is 0 Å². The first-order valence-corrected chi connectivity index (χ1v) is 7.33. The molecule has 3 rings (SSSR count). The molecule has 1 N–H and O–H groups in total. The maximum Gasteiger partial charge on any atom is 0.195 e. The van der Waals surface area contributed by atoms with Crippen LogP contribution in [0.4, 0.5) is 0 Å². The summed E-state index contributed by atoms with van der Waals surface area (Å²) in [6.45, 7) is 2.64. The molecule has 1 fully saturated rings. The van der Waals surface area contributed by atoms with Gasteiger partial charge in [-0.05, 0) is 25.5 Å². The third-order valence-electron chi connectivity index (χ3n) is 3.34. The van der Waals surface area contributed by atoms with Crippen molar-refractivity contribution in [3.05, 3.63) is 11.8 Å². The lowest BCUT2D eigenvalue weighted by molar-refractivity contribution is 0.497. The molecule has 88 valence electrons. The van der Waals surface area contributed by atoms with E-state index < -0.39 is 9.84 Å². The summed E-state index contributed by atoms with van der Waals surface area (Å²) >= 11 is 0. The van der Waals surface area contributed by atoms with Gasteiger partial charge in [-0.15, -0.1) is 0 Å². The summed E-state index contributed by atoms with van der Waals surface area (Å²) in [6, 6.07) is 1.77. The molecule has 16 heavy (non-hydrogen) atoms. The van der Waals surface area contributed by atoms with Gasteiger partial charge in [0.15, 0.2) is 14.9 Å². The van der Waals surface area contributed by atoms with Crippen LogP contribution >= 0.6 is 0 Å². The first-order chi connectivity index (χ1) is 7.67. The highest BCUT2D eigenvalue weighted by Crippen LogP contribution is 2.26. The van der Waals surface area contributed by atoms with Crippen LogP contribution in [0.5, 0.6) is 0 Å². The number of aromatic nitrogens is 2. The SMILES string of the molecule is O=S1(=O)CCCn2nc(C3CCNC3)cc21. The van der Waals surface area contributed by atoms with Gasteiger partial charge in [0, 0.05) is 19.0 Å². The van der Waals surface area contributed by atoms with Crippen molar-refractivity contribution in [2.45, 2.75) is 30.3 Å². The van der Waals surface area contributed by atoms with E-state index in [1.54, 1.807) is 10.7 Å². The van der Waals surface area contributed by atoms with E-state index in [2.05, 4.69) is 10.4 Å². The van der Waals surface area contributed by atoms with Gasteiger partial charge in [-0.25, -0.2) is 8.42 Å². The Morgan fingerprint density at radius 1 is 1.50 bits per heavy atom. The second-order valence-corrected chi connectivity index (χ2v) is 6.55. The zero-order chi connectivity index (χ0) is 11.2. The van der Waals surface area contributed by atoms with Crippen molar-refractivity contribution >= 4 is 9.84 Å². The topological polar surface area (TPSA) is 64.0 Å². The van der Waals surface area contributed by atoms with Gasteiger partial charge in [0.2, 0.25) is 0 Å². The van der Waals surface area contributed by atoms with Crippen LogP contribution < -0.4 is 5.32 Å². The molecule has 0 aromatic carbocycles. The summed E-state index contributed by atoms with van der Waals surface area (Å²) in [7, 11) is -3.07. The van der Waals surface area contributed by atoms with Gasteiger partial charge in [0.05, 0.1) is 11.4 Å². The molecule has 0 amide bonds. The van der Waals surface area contributed by atoms with Crippen LogP contribution in [0.15, 0.2) is 11.1 Å². The van der Waals surface area contributed by atoms with Crippen LogP contribution in [0.3, 0.4) is 0 Å². The van der Waals surface area contributed by atoms with Crippen molar-refractivity contribution in [1.82, 2.24) is 15.1 Å². The maximum atomic E-state index is 11.8. The quantitative estimate of drug-likeness (QED) is 0.759. The summed E-state index contributed by atoms with van der Waals surface area (Å²) in [5, 5.41) is 8.12. The number of fused-ring (bicyclic) bond motifs is 1. The monoisotopic (exact) mass is 241 g/mol. The predicted octanol–water partition coefficient (Wildman–Crippen LogP) is 0.137. The first-order valence-electron chi connectivity index (χ1n) is 5.68. The highest BCUT2D eigenvalue weighted by Gasteiger charge is 2.28. The zero-order valence-electron chi connectivity index (χ0n) is 9.02. The molecule has 0 spiro atoms. The average Bonchev–Trinajstić information content (AvgIpc) is 2.84. The molecule has 0 aliphatic carbocycles. The van der Waals surface area contributed by atoms with E-state index in [1.165, 1.54) is 0 Å². The minimum Gasteiger partial charge on any atom is -0.316 e. The summed E-state index contributed by atoms with van der Waals surface area (Å²) < 4.78 is 25.3. The van der Waals surface area contributed by atoms with Crippen molar-refractivity contribution in [2.24, 2.45) is 0 Å². The smallest absolute Gasteiger partial charge is 0.195 e. The molecule has 3 heterocycles. The lowest BCUT2D eigenvalue weighted by Gasteiger charge is -2.12. The number of nitrogens with one attached hydrogen (secondary N) is 1. The van der Waals surface area contributed by atoms with E-state index in [-0.39, 0.29) is 5.75 Å². The fraction of sp³-hybridized carbons (Fsp3) is 0.700. The van der Waals surface area contributed by atoms with Gasteiger partial charge in [0.25, 0.3) is 0 Å². The predicted molar refractivity (Wildman–Crippen MR) is 59.1 cm³/mol. The number of hydrogen-bond acceptors (Lipinski definition) is 4. The summed E-state index contributed by atoms with van der Waals surface area (Å²) in [5.41, 5.74) is 0.936. The summed E-state index contributed by atoms with van der Waals surface area (Å²) in [4.78, 5) is 0. The Hall–Kier alpha value is -0.880. The zero-order valence-corrected chi connectivity index (χ0v) is 9.83. The Balaban J connectivity index is 2.02. The molecule has 0 radical (unpaired) electrons. The van der Waals surface area contributed by atoms with E-state index in [0.717, 1.165) is 31.7 Å². The van der Waals surface area contributed by atoms with E-state index >= 15 is 0 Å². The van der Waals surface area contributed by atoms with Gasteiger partial charge in [-0.3, -0.25) is 4.68 Å². The van der Waals surface area contributed by atoms with Crippen molar-refractivity contribution in [3.8, 4) is 0 Å². The molecule has 1 aromatic rings. The molecule has 2 aliphatic rings. The highest BCUT2D eigenvalue weighted by atomic mass is 32.2. The molecule has 0 bridgehead atoms. The Morgan fingerprint density at radius 3 is 3.06 bits per heavy atom. The third kappa shape index (κ3) is 1.56. The second-order valence-electron chi connectivity index (χ2n) is 4.49. The molecule has 1 saturated heterocycles. The highest BCUT2D eigenvalue weighted by molar-refractivity contribution is 7.91. The lowest BCUT2D eigenvalue weighted by atomic mass is 10.1. The molecule has 1 unspecified atom stereocenters. The van der Waals surface area contributed by atoms with Gasteiger partial charge in [-0.2, -0.15) is 5.10 Å². The van der Waals surface area contributed by atoms with Gasteiger partial charge in [-0.1, -0.05) is 0 Å². The van der Waals surface area contributed by atoms with Crippen molar-refractivity contribution in [3.63, 3.8) is 0 Å². The molecule has 6 heteroatoms. The molecule has 1 aromatic heterocycles. The van der Waals surface area contributed by atoms with Crippen molar-refractivity contribution < 1.29 is 8.42 Å². The fourth-order valence-corrected chi connectivity index (χ4v) is 3.92. The van der Waals surface area contributed by atoms with Crippen LogP contribution in [-0.4, -0.2) is 37.0 Å². The Bertz CT molecular complexity index is 500. The molecule has 0 saturated carbocycles. The van der Waals surface area contributed by atoms with E-state index in [1.807, 2.05) is 0 Å². The Kier molecular flexibility index (Phi) is 2.29. The Morgan fingerprint density at radius 2 is 2.38 bits per heavy atom. The minimum atomic E-state index is -3.07. The molecule has 2 aliphatic heterocycles. The molecule has 5 nitrogen and oxygen atoms in total. The molecular weight excluding hydrogens is 226 g/mol. The average molecular weight is 241 g/mol. The van der Waals surface area contributed by atoms with Gasteiger partial charge < -0.3 is 5.32 Å². The van der Waals surface area contributed by atoms with E-state index in [0.29, 0.717) is 17.4 Å². The molecular formula is C10H15N3O2S.